The lowest BCUT2D eigenvalue weighted by Gasteiger charge is -2.26. The number of hydrogen-bond acceptors (Lipinski definition) is 4. The second-order valence-corrected chi connectivity index (χ2v) is 6.68. The topological polar surface area (TPSA) is 47.7 Å². The first-order chi connectivity index (χ1) is 10.7. The lowest BCUT2D eigenvalue weighted by molar-refractivity contribution is 0.294. The summed E-state index contributed by atoms with van der Waals surface area (Å²) in [5.41, 5.74) is 8.27. The van der Waals surface area contributed by atoms with E-state index in [9.17, 15) is 0 Å². The highest BCUT2D eigenvalue weighted by Crippen LogP contribution is 2.46. The fraction of sp³-hybridized carbons (Fsp3) is 0.647. The molecule has 2 unspecified atom stereocenters. The second-order valence-electron chi connectivity index (χ2n) is 6.27. The highest BCUT2D eigenvalue weighted by molar-refractivity contribution is 6.31. The van der Waals surface area contributed by atoms with Gasteiger partial charge in [-0.1, -0.05) is 18.5 Å². The maximum Gasteiger partial charge on any atom is 0.164 e. The van der Waals surface area contributed by atoms with Crippen molar-refractivity contribution in [1.82, 2.24) is 4.90 Å². The molecule has 2 heterocycles. The van der Waals surface area contributed by atoms with Crippen molar-refractivity contribution in [3.05, 3.63) is 22.2 Å². The molecule has 0 aromatic heterocycles. The van der Waals surface area contributed by atoms with Gasteiger partial charge in [-0.2, -0.15) is 0 Å². The van der Waals surface area contributed by atoms with Crippen LogP contribution in [0.15, 0.2) is 6.07 Å². The van der Waals surface area contributed by atoms with Gasteiger partial charge in [0.2, 0.25) is 0 Å². The average molecular weight is 325 g/mol. The van der Waals surface area contributed by atoms with E-state index in [1.807, 2.05) is 6.07 Å². The number of ether oxygens (including phenoxy) is 2. The summed E-state index contributed by atoms with van der Waals surface area (Å²) in [6, 6.07) is 2.24. The molecule has 122 valence electrons. The zero-order chi connectivity index (χ0) is 15.7. The van der Waals surface area contributed by atoms with Crippen LogP contribution in [-0.2, 0) is 6.42 Å². The summed E-state index contributed by atoms with van der Waals surface area (Å²) in [5.74, 6) is 2.22. The van der Waals surface area contributed by atoms with Crippen LogP contribution in [0.2, 0.25) is 5.02 Å². The van der Waals surface area contributed by atoms with E-state index in [1.165, 1.54) is 11.1 Å². The minimum Gasteiger partial charge on any atom is -0.489 e. The van der Waals surface area contributed by atoms with E-state index >= 15 is 0 Å². The molecule has 0 radical (unpaired) electrons. The van der Waals surface area contributed by atoms with Gasteiger partial charge in [-0.05, 0) is 37.9 Å². The summed E-state index contributed by atoms with van der Waals surface area (Å²) < 4.78 is 11.8. The Bertz CT molecular complexity index is 550. The van der Waals surface area contributed by atoms with Crippen molar-refractivity contribution < 1.29 is 9.47 Å². The van der Waals surface area contributed by atoms with E-state index < -0.39 is 0 Å². The molecule has 0 aliphatic carbocycles. The zero-order valence-corrected chi connectivity index (χ0v) is 14.2. The van der Waals surface area contributed by atoms with Crippen molar-refractivity contribution >= 4 is 11.6 Å². The third-order valence-electron chi connectivity index (χ3n) is 4.79. The van der Waals surface area contributed by atoms with Crippen LogP contribution < -0.4 is 15.2 Å². The molecule has 5 heteroatoms. The Morgan fingerprint density at radius 1 is 1.36 bits per heavy atom. The Morgan fingerprint density at radius 3 is 2.82 bits per heavy atom. The molecule has 2 N–H and O–H groups in total. The van der Waals surface area contributed by atoms with Crippen LogP contribution in [0.25, 0.3) is 0 Å². The molecule has 0 bridgehead atoms. The highest BCUT2D eigenvalue weighted by atomic mass is 35.5. The van der Waals surface area contributed by atoms with Gasteiger partial charge in [0.15, 0.2) is 11.5 Å². The maximum atomic E-state index is 6.64. The van der Waals surface area contributed by atoms with Crippen LogP contribution in [0.3, 0.4) is 0 Å². The molecule has 2 atom stereocenters. The molecule has 1 aromatic rings. The van der Waals surface area contributed by atoms with Gasteiger partial charge < -0.3 is 15.2 Å². The molecule has 1 aromatic carbocycles. The standard InChI is InChI=1S/C17H25ClN2O2/c1-3-12-16(14-7-11(9-19)10-20(14)2)13(18)8-15-17(12)22-6-4-5-21-15/h8,11,14H,3-7,9-10,19H2,1-2H3. The van der Waals surface area contributed by atoms with Crippen molar-refractivity contribution in [3.8, 4) is 11.5 Å². The molecule has 2 aliphatic heterocycles. The molecule has 0 amide bonds. The quantitative estimate of drug-likeness (QED) is 0.928. The monoisotopic (exact) mass is 324 g/mol. The van der Waals surface area contributed by atoms with Gasteiger partial charge in [0.25, 0.3) is 0 Å². The smallest absolute Gasteiger partial charge is 0.164 e. The van der Waals surface area contributed by atoms with Gasteiger partial charge in [-0.15, -0.1) is 0 Å². The average Bonchev–Trinajstić information content (AvgIpc) is 2.72. The fourth-order valence-corrected chi connectivity index (χ4v) is 4.02. The Labute approximate surface area is 137 Å². The maximum absolute atomic E-state index is 6.64. The van der Waals surface area contributed by atoms with Crippen LogP contribution in [-0.4, -0.2) is 38.3 Å². The van der Waals surface area contributed by atoms with E-state index in [2.05, 4.69) is 18.9 Å². The zero-order valence-electron chi connectivity index (χ0n) is 13.4. The van der Waals surface area contributed by atoms with Crippen molar-refractivity contribution in [2.75, 3.05) is 33.4 Å². The van der Waals surface area contributed by atoms with E-state index in [0.717, 1.165) is 48.9 Å². The lowest BCUT2D eigenvalue weighted by atomic mass is 9.93. The van der Waals surface area contributed by atoms with Crippen molar-refractivity contribution in [3.63, 3.8) is 0 Å². The molecule has 0 saturated carbocycles. The molecular formula is C17H25ClN2O2. The fourth-order valence-electron chi connectivity index (χ4n) is 3.68. The molecule has 0 spiro atoms. The molecule has 22 heavy (non-hydrogen) atoms. The van der Waals surface area contributed by atoms with Gasteiger partial charge >= 0.3 is 0 Å². The number of likely N-dealkylation sites (tertiary alicyclic amines) is 1. The summed E-state index contributed by atoms with van der Waals surface area (Å²) >= 11 is 6.64. The first-order valence-corrected chi connectivity index (χ1v) is 8.54. The molecular weight excluding hydrogens is 300 g/mol. The van der Waals surface area contributed by atoms with Crippen molar-refractivity contribution in [2.45, 2.75) is 32.2 Å². The van der Waals surface area contributed by atoms with Gasteiger partial charge in [-0.25, -0.2) is 0 Å². The van der Waals surface area contributed by atoms with E-state index in [-0.39, 0.29) is 0 Å². The van der Waals surface area contributed by atoms with Crippen LogP contribution in [0.1, 0.15) is 36.9 Å². The van der Waals surface area contributed by atoms with Crippen molar-refractivity contribution in [1.29, 1.82) is 0 Å². The number of rotatable bonds is 3. The van der Waals surface area contributed by atoms with Gasteiger partial charge in [0.1, 0.15) is 0 Å². The first kappa shape index (κ1) is 15.9. The Balaban J connectivity index is 2.05. The Morgan fingerprint density at radius 2 is 2.14 bits per heavy atom. The number of benzene rings is 1. The predicted octanol–water partition coefficient (Wildman–Crippen LogP) is 3.02. The van der Waals surface area contributed by atoms with E-state index in [4.69, 9.17) is 26.8 Å². The Hall–Kier alpha value is -0.970. The molecule has 1 fully saturated rings. The molecule has 1 saturated heterocycles. The predicted molar refractivity (Wildman–Crippen MR) is 89.0 cm³/mol. The minimum absolute atomic E-state index is 0.313. The van der Waals surface area contributed by atoms with Gasteiger partial charge in [-0.3, -0.25) is 4.90 Å². The number of fused-ring (bicyclic) bond motifs is 1. The summed E-state index contributed by atoms with van der Waals surface area (Å²) in [7, 11) is 2.15. The molecule has 2 aliphatic rings. The number of hydrogen-bond donors (Lipinski definition) is 1. The molecule has 3 rings (SSSR count). The molecule has 4 nitrogen and oxygen atoms in total. The minimum atomic E-state index is 0.313. The van der Waals surface area contributed by atoms with E-state index in [0.29, 0.717) is 25.2 Å². The first-order valence-electron chi connectivity index (χ1n) is 8.16. The van der Waals surface area contributed by atoms with Crippen molar-refractivity contribution in [2.24, 2.45) is 11.7 Å². The number of nitrogens with two attached hydrogens (primary N) is 1. The highest BCUT2D eigenvalue weighted by Gasteiger charge is 2.34. The summed E-state index contributed by atoms with van der Waals surface area (Å²) in [4.78, 5) is 2.36. The van der Waals surface area contributed by atoms with Gasteiger partial charge in [0, 0.05) is 35.7 Å². The van der Waals surface area contributed by atoms with Crippen LogP contribution in [0.5, 0.6) is 11.5 Å². The number of nitrogens with zero attached hydrogens (tertiary/aromatic N) is 1. The van der Waals surface area contributed by atoms with Gasteiger partial charge in [0.05, 0.1) is 13.2 Å². The third kappa shape index (κ3) is 2.80. The SMILES string of the molecule is CCc1c2c(cc(Cl)c1C1CC(CN)CN1C)OCCCO2. The van der Waals surface area contributed by atoms with Crippen LogP contribution >= 0.6 is 11.6 Å². The summed E-state index contributed by atoms with van der Waals surface area (Å²) in [6.45, 7) is 5.29. The Kier molecular flexibility index (Phi) is 4.81. The largest absolute Gasteiger partial charge is 0.489 e. The van der Waals surface area contributed by atoms with Crippen LogP contribution in [0, 0.1) is 5.92 Å². The third-order valence-corrected chi connectivity index (χ3v) is 5.10. The summed E-state index contributed by atoms with van der Waals surface area (Å²) in [5, 5.41) is 0.788. The lowest BCUT2D eigenvalue weighted by Crippen LogP contribution is -2.21. The van der Waals surface area contributed by atoms with E-state index in [1.54, 1.807) is 0 Å². The number of halogens is 1. The van der Waals surface area contributed by atoms with Crippen LogP contribution in [0.4, 0.5) is 0 Å². The second kappa shape index (κ2) is 6.65. The summed E-state index contributed by atoms with van der Waals surface area (Å²) in [6.07, 6.45) is 2.85. The normalized spacial score (nSPS) is 25.3.